The number of amidine groups is 1. The highest BCUT2D eigenvalue weighted by Crippen LogP contribution is 2.34. The number of carbonyl (C=O) groups excluding carboxylic acids is 3. The average Bonchev–Trinajstić information content (AvgIpc) is 3.17. The molecule has 9 nitrogen and oxygen atoms in total. The fourth-order valence-corrected chi connectivity index (χ4v) is 3.83. The van der Waals surface area contributed by atoms with Gasteiger partial charge in [0, 0.05) is 7.05 Å². The Balaban J connectivity index is 1.88. The van der Waals surface area contributed by atoms with Crippen molar-refractivity contribution in [2.75, 3.05) is 20.7 Å². The number of ketones is 1. The van der Waals surface area contributed by atoms with Crippen LogP contribution in [-0.2, 0) is 9.59 Å². The van der Waals surface area contributed by atoms with Gasteiger partial charge in [-0.05, 0) is 38.5 Å². The SMILES string of the molecule is COc1ccc(C)cc1-n1c(C)c[n+]2c1N=C1C2C(=O)N(CC(C)=O)C(=O)N1C. The third-order valence-electron chi connectivity index (χ3n) is 5.16. The second-order valence-electron chi connectivity index (χ2n) is 7.33. The molecule has 0 spiro atoms. The van der Waals surface area contributed by atoms with Gasteiger partial charge in [0.2, 0.25) is 11.9 Å². The molecule has 2 aliphatic rings. The van der Waals surface area contributed by atoms with E-state index in [0.717, 1.165) is 21.8 Å². The first kappa shape index (κ1) is 18.9. The van der Waals surface area contributed by atoms with E-state index in [-0.39, 0.29) is 12.3 Å². The van der Waals surface area contributed by atoms with Gasteiger partial charge in [-0.3, -0.25) is 19.4 Å². The van der Waals surface area contributed by atoms with E-state index in [2.05, 4.69) is 4.99 Å². The highest BCUT2D eigenvalue weighted by Gasteiger charge is 2.53. The number of rotatable bonds is 4. The smallest absolute Gasteiger partial charge is 0.407 e. The van der Waals surface area contributed by atoms with Crippen molar-refractivity contribution in [3.63, 3.8) is 0 Å². The Morgan fingerprint density at radius 1 is 1.28 bits per heavy atom. The number of hydrogen-bond acceptors (Lipinski definition) is 5. The lowest BCUT2D eigenvalue weighted by Crippen LogP contribution is -2.63. The van der Waals surface area contributed by atoms with Crippen LogP contribution in [0.3, 0.4) is 0 Å². The van der Waals surface area contributed by atoms with E-state index >= 15 is 0 Å². The van der Waals surface area contributed by atoms with E-state index in [1.165, 1.54) is 11.8 Å². The van der Waals surface area contributed by atoms with E-state index in [9.17, 15) is 14.4 Å². The number of aliphatic imine (C=N–C) groups is 1. The van der Waals surface area contributed by atoms with Crippen molar-refractivity contribution in [3.05, 3.63) is 35.7 Å². The van der Waals surface area contributed by atoms with Gasteiger partial charge >= 0.3 is 12.0 Å². The van der Waals surface area contributed by atoms with Crippen LogP contribution < -0.4 is 9.30 Å². The summed E-state index contributed by atoms with van der Waals surface area (Å²) in [5, 5.41) is 0. The number of ether oxygens (including phenoxy) is 1. The standard InChI is InChI=1S/C20H22N5O4/c1-11-6-7-15(29-5)14(8-11)25-12(2)9-23-16-17(21-19(23)25)22(4)20(28)24(18(16)27)10-13(3)26/h6-9,16H,10H2,1-5H3/q+1. The lowest BCUT2D eigenvalue weighted by molar-refractivity contribution is -0.676. The quantitative estimate of drug-likeness (QED) is 0.732. The van der Waals surface area contributed by atoms with Crippen molar-refractivity contribution >= 4 is 29.5 Å². The Morgan fingerprint density at radius 2 is 2.00 bits per heavy atom. The number of urea groups is 1. The number of benzene rings is 1. The molecule has 1 aromatic carbocycles. The molecule has 1 atom stereocenters. The van der Waals surface area contributed by atoms with Gasteiger partial charge in [-0.2, -0.15) is 4.57 Å². The van der Waals surface area contributed by atoms with E-state index in [4.69, 9.17) is 4.74 Å². The molecular weight excluding hydrogens is 374 g/mol. The molecule has 3 heterocycles. The van der Waals surface area contributed by atoms with Gasteiger partial charge in [0.25, 0.3) is 5.91 Å². The molecule has 0 bridgehead atoms. The van der Waals surface area contributed by atoms with E-state index in [1.807, 2.05) is 42.8 Å². The topological polar surface area (TPSA) is 88.1 Å². The summed E-state index contributed by atoms with van der Waals surface area (Å²) in [4.78, 5) is 44.2. The number of Topliss-reactive ketones (excluding diaryl/α,β-unsaturated/α-hetero) is 1. The summed E-state index contributed by atoms with van der Waals surface area (Å²) in [6.45, 7) is 4.99. The van der Waals surface area contributed by atoms with Crippen LogP contribution in [0.25, 0.3) is 5.69 Å². The molecule has 150 valence electrons. The number of carbonyl (C=O) groups is 3. The summed E-state index contributed by atoms with van der Waals surface area (Å²) in [6.07, 6.45) is 1.83. The van der Waals surface area contributed by atoms with Crippen molar-refractivity contribution in [1.29, 1.82) is 0 Å². The fourth-order valence-electron chi connectivity index (χ4n) is 3.83. The Hall–Kier alpha value is -3.49. The number of hydrogen-bond donors (Lipinski definition) is 0. The van der Waals surface area contributed by atoms with E-state index in [1.54, 1.807) is 18.7 Å². The molecule has 9 heteroatoms. The van der Waals surface area contributed by atoms with Gasteiger partial charge in [0.05, 0.1) is 13.7 Å². The molecule has 1 saturated heterocycles. The minimum atomic E-state index is -0.789. The summed E-state index contributed by atoms with van der Waals surface area (Å²) in [5.74, 6) is 0.807. The maximum atomic E-state index is 13.1. The normalized spacial score (nSPS) is 18.0. The zero-order chi connectivity index (χ0) is 21.0. The minimum Gasteiger partial charge on any atom is -0.493 e. The maximum Gasteiger partial charge on any atom is 0.407 e. The Bertz CT molecular complexity index is 1100. The molecule has 2 aromatic rings. The fraction of sp³-hybridized carbons (Fsp3) is 0.350. The van der Waals surface area contributed by atoms with Crippen LogP contribution in [-0.4, -0.2) is 58.6 Å². The largest absolute Gasteiger partial charge is 0.493 e. The second-order valence-corrected chi connectivity index (χ2v) is 7.33. The predicted octanol–water partition coefficient (Wildman–Crippen LogP) is 1.46. The van der Waals surface area contributed by atoms with Gasteiger partial charge in [0.15, 0.2) is 5.75 Å². The van der Waals surface area contributed by atoms with Crippen LogP contribution >= 0.6 is 0 Å². The van der Waals surface area contributed by atoms with Gasteiger partial charge in [-0.25, -0.2) is 9.36 Å². The van der Waals surface area contributed by atoms with Crippen molar-refractivity contribution in [3.8, 4) is 11.4 Å². The molecule has 1 unspecified atom stereocenters. The predicted molar refractivity (Wildman–Crippen MR) is 104 cm³/mol. The Morgan fingerprint density at radius 3 is 2.66 bits per heavy atom. The average molecular weight is 396 g/mol. The van der Waals surface area contributed by atoms with Crippen LogP contribution in [0.1, 0.15) is 24.2 Å². The molecule has 2 aliphatic heterocycles. The number of likely N-dealkylation sites (N-methyl/N-ethyl adjacent to an activating group) is 1. The lowest BCUT2D eigenvalue weighted by atomic mass is 10.1. The third kappa shape index (κ3) is 2.72. The van der Waals surface area contributed by atoms with E-state index in [0.29, 0.717) is 17.5 Å². The van der Waals surface area contributed by atoms with Gasteiger partial charge < -0.3 is 4.74 Å². The van der Waals surface area contributed by atoms with Crippen molar-refractivity contribution in [2.45, 2.75) is 26.8 Å². The first-order valence-electron chi connectivity index (χ1n) is 9.20. The third-order valence-corrected chi connectivity index (χ3v) is 5.16. The molecule has 0 aliphatic carbocycles. The van der Waals surface area contributed by atoms with Crippen molar-refractivity contribution in [1.82, 2.24) is 14.4 Å². The first-order chi connectivity index (χ1) is 13.7. The molecule has 0 saturated carbocycles. The minimum absolute atomic E-state index is 0.257. The molecule has 1 aromatic heterocycles. The first-order valence-corrected chi connectivity index (χ1v) is 9.20. The Labute approximate surface area is 167 Å². The molecule has 0 radical (unpaired) electrons. The van der Waals surface area contributed by atoms with Crippen molar-refractivity contribution in [2.24, 2.45) is 4.99 Å². The van der Waals surface area contributed by atoms with Gasteiger partial charge in [-0.15, -0.1) is 0 Å². The zero-order valence-corrected chi connectivity index (χ0v) is 17.0. The van der Waals surface area contributed by atoms with Crippen LogP contribution in [0.5, 0.6) is 5.75 Å². The molecule has 4 rings (SSSR count). The molecule has 29 heavy (non-hydrogen) atoms. The monoisotopic (exact) mass is 396 g/mol. The summed E-state index contributed by atoms with van der Waals surface area (Å²) in [5.41, 5.74) is 2.70. The number of aromatic nitrogens is 2. The number of fused-ring (bicyclic) bond motifs is 3. The van der Waals surface area contributed by atoms with E-state index < -0.39 is 18.0 Å². The number of nitrogens with zero attached hydrogens (tertiary/aromatic N) is 5. The number of imide groups is 1. The Kier molecular flexibility index (Phi) is 4.25. The van der Waals surface area contributed by atoms with Crippen LogP contribution in [0, 0.1) is 13.8 Å². The zero-order valence-electron chi connectivity index (χ0n) is 17.0. The number of methoxy groups -OCH3 is 1. The number of imidazole rings is 1. The molecule has 3 amide bonds. The highest BCUT2D eigenvalue weighted by molar-refractivity contribution is 6.19. The number of aryl methyl sites for hydroxylation is 2. The molecule has 1 fully saturated rings. The lowest BCUT2D eigenvalue weighted by Gasteiger charge is -2.32. The molecular formula is C20H22N5O4+. The highest BCUT2D eigenvalue weighted by atomic mass is 16.5. The van der Waals surface area contributed by atoms with Gasteiger partial charge in [-0.1, -0.05) is 11.1 Å². The van der Waals surface area contributed by atoms with Crippen LogP contribution in [0.15, 0.2) is 29.4 Å². The summed E-state index contributed by atoms with van der Waals surface area (Å²) >= 11 is 0. The van der Waals surface area contributed by atoms with Gasteiger partial charge in [0.1, 0.15) is 23.4 Å². The van der Waals surface area contributed by atoms with Crippen LogP contribution in [0.4, 0.5) is 10.7 Å². The van der Waals surface area contributed by atoms with Crippen molar-refractivity contribution < 1.29 is 23.7 Å². The summed E-state index contributed by atoms with van der Waals surface area (Å²) < 4.78 is 9.16. The second kappa shape index (κ2) is 6.54. The maximum absolute atomic E-state index is 13.1. The molecule has 0 N–H and O–H groups in total. The summed E-state index contributed by atoms with van der Waals surface area (Å²) in [7, 11) is 3.16. The number of amides is 3. The summed E-state index contributed by atoms with van der Waals surface area (Å²) in [6, 6.07) is 4.47. The van der Waals surface area contributed by atoms with Crippen LogP contribution in [0.2, 0.25) is 0 Å².